The number of para-hydroxylation sites is 3. The Morgan fingerprint density at radius 3 is 1.29 bits per heavy atom. The normalized spacial score (nSPS) is 12.0. The van der Waals surface area contributed by atoms with Crippen LogP contribution in [-0.4, -0.2) is 9.13 Å². The Bertz CT molecular complexity index is 3790. The molecule has 12 rings (SSSR count). The van der Waals surface area contributed by atoms with Crippen molar-refractivity contribution in [2.24, 2.45) is 0 Å². The summed E-state index contributed by atoms with van der Waals surface area (Å²) in [5, 5.41) is 12.5. The molecule has 2 aromatic heterocycles. The van der Waals surface area contributed by atoms with Crippen LogP contribution in [0.5, 0.6) is 0 Å². The summed E-state index contributed by atoms with van der Waals surface area (Å²) in [6, 6.07) is 75.0. The van der Waals surface area contributed by atoms with E-state index in [0.717, 1.165) is 34.0 Å². The molecule has 0 saturated carbocycles. The molecule has 0 radical (unpaired) electrons. The monoisotopic (exact) mass is 803 g/mol. The number of aromatic nitrogens is 2. The van der Waals surface area contributed by atoms with E-state index in [1.165, 1.54) is 81.5 Å². The molecule has 0 spiro atoms. The predicted octanol–water partition coefficient (Wildman–Crippen LogP) is 16.4. The van der Waals surface area contributed by atoms with Crippen molar-refractivity contribution in [2.45, 2.75) is 0 Å². The van der Waals surface area contributed by atoms with E-state index in [1.54, 1.807) is 0 Å². The fraction of sp³-hybridized carbons (Fsp3) is 0. The highest BCUT2D eigenvalue weighted by Gasteiger charge is 2.26. The summed E-state index contributed by atoms with van der Waals surface area (Å²) in [4.78, 5) is 2.22. The molecule has 0 aliphatic rings. The van der Waals surface area contributed by atoms with Gasteiger partial charge >= 0.3 is 0 Å². The van der Waals surface area contributed by atoms with E-state index in [2.05, 4.69) is 227 Å². The summed E-state index contributed by atoms with van der Waals surface area (Å²) in [6.07, 6.45) is 5.70. The largest absolute Gasteiger partial charge is 0.311 e. The third kappa shape index (κ3) is 5.53. The van der Waals surface area contributed by atoms with Gasteiger partial charge in [0.15, 0.2) is 0 Å². The smallest absolute Gasteiger partial charge is 0.0626 e. The van der Waals surface area contributed by atoms with Gasteiger partial charge in [-0.25, -0.2) is 0 Å². The Morgan fingerprint density at radius 1 is 0.365 bits per heavy atom. The van der Waals surface area contributed by atoms with Crippen LogP contribution in [0, 0.1) is 0 Å². The van der Waals surface area contributed by atoms with Crippen molar-refractivity contribution in [3.05, 3.63) is 243 Å². The number of hydrogen-bond acceptors (Lipinski definition) is 1. The maximum absolute atomic E-state index is 4.16. The van der Waals surface area contributed by atoms with Crippen molar-refractivity contribution >= 4 is 87.3 Å². The summed E-state index contributed by atoms with van der Waals surface area (Å²) in [5.74, 6) is 0. The molecule has 0 saturated heterocycles. The highest BCUT2D eigenvalue weighted by atomic mass is 15.1. The van der Waals surface area contributed by atoms with Crippen molar-refractivity contribution in [1.29, 1.82) is 0 Å². The van der Waals surface area contributed by atoms with Gasteiger partial charge < -0.3 is 14.0 Å². The van der Waals surface area contributed by atoms with Gasteiger partial charge in [-0.15, -0.1) is 0 Å². The van der Waals surface area contributed by atoms with Crippen LogP contribution >= 0.6 is 0 Å². The minimum absolute atomic E-state index is 0.945. The summed E-state index contributed by atoms with van der Waals surface area (Å²) < 4.78 is 4.98. The number of nitrogens with zero attached hydrogens (tertiary/aromatic N) is 3. The first-order valence-corrected chi connectivity index (χ1v) is 21.5. The lowest BCUT2D eigenvalue weighted by molar-refractivity contribution is 1.17. The van der Waals surface area contributed by atoms with Crippen LogP contribution in [0.4, 0.5) is 11.4 Å². The molecule has 3 nitrogen and oxygen atoms in total. The van der Waals surface area contributed by atoms with Crippen molar-refractivity contribution in [3.63, 3.8) is 0 Å². The maximum atomic E-state index is 4.16. The topological polar surface area (TPSA) is 13.1 Å². The van der Waals surface area contributed by atoms with Crippen LogP contribution in [0.15, 0.2) is 243 Å². The van der Waals surface area contributed by atoms with Crippen molar-refractivity contribution in [2.75, 3.05) is 4.90 Å². The van der Waals surface area contributed by atoms with Crippen LogP contribution in [0.1, 0.15) is 0 Å². The van der Waals surface area contributed by atoms with Gasteiger partial charge in [0, 0.05) is 66.2 Å². The van der Waals surface area contributed by atoms with Crippen molar-refractivity contribution in [3.8, 4) is 22.5 Å². The first-order valence-electron chi connectivity index (χ1n) is 21.5. The number of anilines is 2. The molecule has 0 atom stereocenters. The molecule has 0 N–H and O–H groups in total. The number of hydrogen-bond donors (Lipinski definition) is 0. The maximum Gasteiger partial charge on any atom is 0.0626 e. The Hall–Kier alpha value is -8.40. The minimum atomic E-state index is 0.945. The van der Waals surface area contributed by atoms with Crippen LogP contribution in [0.25, 0.3) is 98.4 Å². The molecule has 10 aromatic carbocycles. The zero-order valence-electron chi connectivity index (χ0n) is 34.6. The summed E-state index contributed by atoms with van der Waals surface area (Å²) >= 11 is 0. The molecule has 0 aliphatic heterocycles. The van der Waals surface area contributed by atoms with Gasteiger partial charge in [-0.1, -0.05) is 165 Å². The van der Waals surface area contributed by atoms with Crippen LogP contribution in [0.3, 0.4) is 0 Å². The lowest BCUT2D eigenvalue weighted by atomic mass is 9.89. The third-order valence-electron chi connectivity index (χ3n) is 12.8. The number of allylic oxidation sites excluding steroid dienone is 3. The Labute approximate surface area is 365 Å². The number of benzene rings is 10. The van der Waals surface area contributed by atoms with E-state index in [1.807, 2.05) is 24.3 Å². The molecule has 2 heterocycles. The zero-order chi connectivity index (χ0) is 42.0. The molecule has 296 valence electrons. The number of fused-ring (bicyclic) bond motifs is 15. The van der Waals surface area contributed by atoms with E-state index in [4.69, 9.17) is 0 Å². The minimum Gasteiger partial charge on any atom is -0.311 e. The van der Waals surface area contributed by atoms with Gasteiger partial charge in [0.05, 0.1) is 22.1 Å². The summed E-state index contributed by atoms with van der Waals surface area (Å²) in [5.41, 5.74) is 12.4. The average molecular weight is 804 g/mol. The molecule has 0 aliphatic carbocycles. The lowest BCUT2D eigenvalue weighted by Crippen LogP contribution is -2.15. The fourth-order valence-corrected chi connectivity index (χ4v) is 10.2. The average Bonchev–Trinajstić information content (AvgIpc) is 3.89. The van der Waals surface area contributed by atoms with Gasteiger partial charge in [-0.2, -0.15) is 0 Å². The van der Waals surface area contributed by atoms with Gasteiger partial charge in [-0.05, 0) is 100 Å². The van der Waals surface area contributed by atoms with Crippen molar-refractivity contribution in [1.82, 2.24) is 9.13 Å². The summed E-state index contributed by atoms with van der Waals surface area (Å²) in [7, 11) is 0. The van der Waals surface area contributed by atoms with E-state index < -0.39 is 0 Å². The van der Waals surface area contributed by atoms with Crippen LogP contribution < -0.4 is 4.90 Å². The van der Waals surface area contributed by atoms with Crippen LogP contribution in [-0.2, 0) is 0 Å². The SMILES string of the molecule is C=C/C=C(\C=C)N(c1ccccc1)c1ccc(-n2c3ccccc3c3c4c(c5ccccc5c5c4c4ccccc4n5-c4ccc(-c5ccccc5)cc4)c4ccccc4c32)cc1. The van der Waals surface area contributed by atoms with Gasteiger partial charge in [-0.3, -0.25) is 0 Å². The Morgan fingerprint density at radius 2 is 0.778 bits per heavy atom. The fourth-order valence-electron chi connectivity index (χ4n) is 10.2. The van der Waals surface area contributed by atoms with Gasteiger partial charge in [0.2, 0.25) is 0 Å². The lowest BCUT2D eigenvalue weighted by Gasteiger charge is -2.26. The third-order valence-corrected chi connectivity index (χ3v) is 12.8. The second kappa shape index (κ2) is 14.7. The standard InChI is InChI=1S/C60H41N3/c1-3-19-42(4-2)61(43-22-9-6-10-23-43)44-36-38-46(39-37-44)63-54-31-18-16-29-52(54)57-58-55(48-25-12-14-27-50(48)60(57)63)47-24-11-13-26-49(47)59-56(58)51-28-15-17-30-53(51)62(59)45-34-32-41(33-35-45)40-20-7-5-8-21-40/h3-39H,1-2H2/b42-19+. The van der Waals surface area contributed by atoms with E-state index >= 15 is 0 Å². The van der Waals surface area contributed by atoms with Gasteiger partial charge in [0.1, 0.15) is 0 Å². The molecule has 63 heavy (non-hydrogen) atoms. The molecule has 3 heteroatoms. The highest BCUT2D eigenvalue weighted by molar-refractivity contribution is 6.45. The molecular weight excluding hydrogens is 763 g/mol. The van der Waals surface area contributed by atoms with Crippen LogP contribution in [0.2, 0.25) is 0 Å². The van der Waals surface area contributed by atoms with E-state index in [0.29, 0.717) is 0 Å². The zero-order valence-corrected chi connectivity index (χ0v) is 34.6. The molecular formula is C60H41N3. The Balaban J connectivity index is 1.20. The van der Waals surface area contributed by atoms with Gasteiger partial charge in [0.25, 0.3) is 0 Å². The second-order valence-electron chi connectivity index (χ2n) is 16.1. The summed E-state index contributed by atoms with van der Waals surface area (Å²) in [6.45, 7) is 8.16. The second-order valence-corrected chi connectivity index (χ2v) is 16.1. The molecule has 0 unspecified atom stereocenters. The molecule has 0 fully saturated rings. The highest BCUT2D eigenvalue weighted by Crippen LogP contribution is 2.50. The first-order chi connectivity index (χ1) is 31.2. The Kier molecular flexibility index (Phi) is 8.48. The van der Waals surface area contributed by atoms with E-state index in [9.17, 15) is 0 Å². The van der Waals surface area contributed by atoms with E-state index in [-0.39, 0.29) is 0 Å². The first kappa shape index (κ1) is 36.5. The molecule has 0 amide bonds. The van der Waals surface area contributed by atoms with Crippen molar-refractivity contribution < 1.29 is 0 Å². The molecule has 0 bridgehead atoms. The number of rotatable bonds is 8. The quantitative estimate of drug-likeness (QED) is 0.110. The molecule has 12 aromatic rings. The predicted molar refractivity (Wildman–Crippen MR) is 270 cm³/mol.